The van der Waals surface area contributed by atoms with Crippen molar-refractivity contribution in [3.05, 3.63) is 53.6 Å². The molecule has 1 unspecified atom stereocenters. The first kappa shape index (κ1) is 17.7. The van der Waals surface area contributed by atoms with Crippen molar-refractivity contribution in [1.82, 2.24) is 0 Å². The van der Waals surface area contributed by atoms with Crippen molar-refractivity contribution in [3.63, 3.8) is 0 Å². The Hall–Kier alpha value is -2.69. The van der Waals surface area contributed by atoms with Crippen molar-refractivity contribution >= 4 is 11.6 Å². The highest BCUT2D eigenvalue weighted by molar-refractivity contribution is 5.92. The Morgan fingerprint density at radius 2 is 1.96 bits per heavy atom. The van der Waals surface area contributed by atoms with Crippen LogP contribution in [0.4, 0.5) is 5.69 Å². The number of nitrogens with zero attached hydrogens (tertiary/aromatic N) is 1. The monoisotopic (exact) mass is 327 g/mol. The summed E-state index contributed by atoms with van der Waals surface area (Å²) in [5.74, 6) is 1.69. The van der Waals surface area contributed by atoms with E-state index in [2.05, 4.69) is 36.3 Å². The number of phenols is 1. The molecule has 2 aromatic carbocycles. The molecule has 2 rings (SSSR count). The molecular weight excluding hydrogens is 302 g/mol. The maximum absolute atomic E-state index is 9.85. The predicted molar refractivity (Wildman–Crippen MR) is 98.8 cm³/mol. The second kappa shape index (κ2) is 8.24. The molecule has 0 radical (unpaired) electrons. The van der Waals surface area contributed by atoms with Crippen LogP contribution >= 0.6 is 0 Å². The average molecular weight is 327 g/mol. The molecule has 0 bridgehead atoms. The van der Waals surface area contributed by atoms with Crippen LogP contribution < -0.4 is 15.8 Å². The van der Waals surface area contributed by atoms with Crippen LogP contribution in [0.15, 0.2) is 47.5 Å². The first-order valence-electron chi connectivity index (χ1n) is 8.06. The van der Waals surface area contributed by atoms with Gasteiger partial charge in [-0.3, -0.25) is 0 Å². The van der Waals surface area contributed by atoms with E-state index in [1.807, 2.05) is 12.1 Å². The molecule has 4 N–H and O–H groups in total. The predicted octanol–water partition coefficient (Wildman–Crippen LogP) is 3.84. The second-order valence-electron chi connectivity index (χ2n) is 5.75. The summed E-state index contributed by atoms with van der Waals surface area (Å²) in [4.78, 5) is 4.27. The van der Waals surface area contributed by atoms with Gasteiger partial charge in [0, 0.05) is 11.3 Å². The fourth-order valence-electron chi connectivity index (χ4n) is 2.30. The van der Waals surface area contributed by atoms with Gasteiger partial charge in [0.05, 0.1) is 13.7 Å². The van der Waals surface area contributed by atoms with E-state index in [0.29, 0.717) is 23.2 Å². The topological polar surface area (TPSA) is 79.9 Å². The van der Waals surface area contributed by atoms with E-state index >= 15 is 0 Å². The largest absolute Gasteiger partial charge is 0.508 e. The van der Waals surface area contributed by atoms with Crippen LogP contribution in [0, 0.1) is 0 Å². The first-order chi connectivity index (χ1) is 11.5. The van der Waals surface area contributed by atoms with E-state index in [0.717, 1.165) is 12.1 Å². The third-order valence-electron chi connectivity index (χ3n) is 4.07. The van der Waals surface area contributed by atoms with Gasteiger partial charge in [0.1, 0.15) is 11.5 Å². The minimum absolute atomic E-state index is 0.172. The zero-order valence-corrected chi connectivity index (χ0v) is 14.4. The van der Waals surface area contributed by atoms with Gasteiger partial charge in [-0.15, -0.1) is 0 Å². The Kier molecular flexibility index (Phi) is 6.07. The standard InChI is InChI=1S/C19H25N3O2/c1-4-13(2)14-5-7-16(8-6-14)22-19(20)21-12-15-11-17(24-3)9-10-18(15)23/h5-11,13,23H,4,12H2,1-3H3,(H3,20,21,22). The highest BCUT2D eigenvalue weighted by Crippen LogP contribution is 2.23. The van der Waals surface area contributed by atoms with Gasteiger partial charge in [0.15, 0.2) is 5.96 Å². The lowest BCUT2D eigenvalue weighted by Crippen LogP contribution is -2.22. The number of methoxy groups -OCH3 is 1. The van der Waals surface area contributed by atoms with Crippen molar-refractivity contribution in [3.8, 4) is 11.5 Å². The number of nitrogens with one attached hydrogen (secondary N) is 1. The number of hydrogen-bond donors (Lipinski definition) is 3. The number of anilines is 1. The van der Waals surface area contributed by atoms with Crippen molar-refractivity contribution in [2.45, 2.75) is 32.7 Å². The molecule has 0 aliphatic rings. The first-order valence-corrected chi connectivity index (χ1v) is 8.06. The van der Waals surface area contributed by atoms with Gasteiger partial charge < -0.3 is 20.9 Å². The van der Waals surface area contributed by atoms with Crippen LogP contribution in [0.2, 0.25) is 0 Å². The van der Waals surface area contributed by atoms with E-state index in [-0.39, 0.29) is 12.3 Å². The summed E-state index contributed by atoms with van der Waals surface area (Å²) in [7, 11) is 1.58. The summed E-state index contributed by atoms with van der Waals surface area (Å²) in [6.45, 7) is 4.65. The maximum atomic E-state index is 9.85. The molecule has 0 fully saturated rings. The molecule has 0 aromatic heterocycles. The molecule has 1 atom stereocenters. The smallest absolute Gasteiger partial charge is 0.193 e. The molecule has 0 spiro atoms. The quantitative estimate of drug-likeness (QED) is 0.556. The molecule has 0 aliphatic carbocycles. The Morgan fingerprint density at radius 3 is 2.58 bits per heavy atom. The minimum Gasteiger partial charge on any atom is -0.508 e. The second-order valence-corrected chi connectivity index (χ2v) is 5.75. The number of benzene rings is 2. The van der Waals surface area contributed by atoms with Crippen LogP contribution in [0.5, 0.6) is 11.5 Å². The lowest BCUT2D eigenvalue weighted by atomic mass is 9.99. The number of nitrogens with two attached hydrogens (primary N) is 1. The van der Waals surface area contributed by atoms with Crippen LogP contribution in [-0.2, 0) is 6.54 Å². The number of guanidine groups is 1. The normalized spacial score (nSPS) is 12.7. The van der Waals surface area contributed by atoms with E-state index in [9.17, 15) is 5.11 Å². The SMILES string of the molecule is CCC(C)c1ccc(NC(N)=NCc2cc(OC)ccc2O)cc1. The highest BCUT2D eigenvalue weighted by atomic mass is 16.5. The Bertz CT molecular complexity index is 696. The van der Waals surface area contributed by atoms with Crippen molar-refractivity contribution in [1.29, 1.82) is 0 Å². The summed E-state index contributed by atoms with van der Waals surface area (Å²) in [6.07, 6.45) is 1.11. The summed E-state index contributed by atoms with van der Waals surface area (Å²) >= 11 is 0. The Labute approximate surface area is 143 Å². The van der Waals surface area contributed by atoms with Gasteiger partial charge in [0.25, 0.3) is 0 Å². The van der Waals surface area contributed by atoms with Gasteiger partial charge in [-0.25, -0.2) is 4.99 Å². The van der Waals surface area contributed by atoms with E-state index in [1.165, 1.54) is 5.56 Å². The van der Waals surface area contributed by atoms with Gasteiger partial charge in [-0.1, -0.05) is 26.0 Å². The lowest BCUT2D eigenvalue weighted by molar-refractivity contribution is 0.411. The maximum Gasteiger partial charge on any atom is 0.193 e. The van der Waals surface area contributed by atoms with Crippen molar-refractivity contribution in [2.75, 3.05) is 12.4 Å². The van der Waals surface area contributed by atoms with Crippen molar-refractivity contribution < 1.29 is 9.84 Å². The molecule has 0 heterocycles. The summed E-state index contributed by atoms with van der Waals surface area (Å²) in [5, 5.41) is 12.9. The number of hydrogen-bond acceptors (Lipinski definition) is 3. The van der Waals surface area contributed by atoms with E-state index in [1.54, 1.807) is 25.3 Å². The van der Waals surface area contributed by atoms with Gasteiger partial charge in [0.2, 0.25) is 0 Å². The third kappa shape index (κ3) is 4.65. The van der Waals surface area contributed by atoms with Crippen LogP contribution in [0.3, 0.4) is 0 Å². The zero-order valence-electron chi connectivity index (χ0n) is 14.4. The van der Waals surface area contributed by atoms with Crippen molar-refractivity contribution in [2.24, 2.45) is 10.7 Å². The fraction of sp³-hybridized carbons (Fsp3) is 0.316. The van der Waals surface area contributed by atoms with Gasteiger partial charge >= 0.3 is 0 Å². The summed E-state index contributed by atoms with van der Waals surface area (Å²) in [5.41, 5.74) is 8.78. The molecule has 0 saturated heterocycles. The molecule has 0 amide bonds. The fourth-order valence-corrected chi connectivity index (χ4v) is 2.30. The molecule has 24 heavy (non-hydrogen) atoms. The Balaban J connectivity index is 2.01. The summed E-state index contributed by atoms with van der Waals surface area (Å²) < 4.78 is 5.15. The molecule has 5 nitrogen and oxygen atoms in total. The van der Waals surface area contributed by atoms with Crippen LogP contribution in [-0.4, -0.2) is 18.2 Å². The molecule has 5 heteroatoms. The van der Waals surface area contributed by atoms with Crippen LogP contribution in [0.1, 0.15) is 37.3 Å². The highest BCUT2D eigenvalue weighted by Gasteiger charge is 2.04. The molecular formula is C19H25N3O2. The summed E-state index contributed by atoms with van der Waals surface area (Å²) in [6, 6.07) is 13.2. The van der Waals surface area contributed by atoms with Gasteiger partial charge in [-0.05, 0) is 48.2 Å². The molecule has 0 saturated carbocycles. The number of rotatable bonds is 6. The van der Waals surface area contributed by atoms with Gasteiger partial charge in [-0.2, -0.15) is 0 Å². The Morgan fingerprint density at radius 1 is 1.25 bits per heavy atom. The minimum atomic E-state index is 0.172. The zero-order chi connectivity index (χ0) is 17.5. The molecule has 0 aliphatic heterocycles. The lowest BCUT2D eigenvalue weighted by Gasteiger charge is -2.11. The number of ether oxygens (including phenoxy) is 1. The third-order valence-corrected chi connectivity index (χ3v) is 4.07. The van der Waals surface area contributed by atoms with E-state index < -0.39 is 0 Å². The average Bonchev–Trinajstić information content (AvgIpc) is 2.61. The van der Waals surface area contributed by atoms with E-state index in [4.69, 9.17) is 10.5 Å². The van der Waals surface area contributed by atoms with Crippen LogP contribution in [0.25, 0.3) is 0 Å². The number of aliphatic imine (C=N–C) groups is 1. The number of aromatic hydroxyl groups is 1. The number of phenolic OH excluding ortho intramolecular Hbond substituents is 1. The molecule has 2 aromatic rings. The molecule has 128 valence electrons.